The van der Waals surface area contributed by atoms with Crippen LogP contribution in [0, 0.1) is 10.1 Å². The summed E-state index contributed by atoms with van der Waals surface area (Å²) in [5, 5.41) is 17.7. The molecule has 0 atom stereocenters. The smallest absolute Gasteiger partial charge is 0.343 e. The van der Waals surface area contributed by atoms with E-state index >= 15 is 0 Å². The Balaban J connectivity index is 1.45. The molecule has 4 rings (SSSR count). The topological polar surface area (TPSA) is 143 Å². The highest BCUT2D eigenvalue weighted by Gasteiger charge is 2.17. The van der Waals surface area contributed by atoms with Crippen LogP contribution >= 0.6 is 11.6 Å². The Morgan fingerprint density at radius 2 is 1.52 bits per heavy atom. The summed E-state index contributed by atoms with van der Waals surface area (Å²) in [6.07, 6.45) is 2.92. The summed E-state index contributed by atoms with van der Waals surface area (Å²) in [5.74, 6) is -1.67. The number of nitrogens with zero attached hydrogens (tertiary/aromatic N) is 3. The Morgan fingerprint density at radius 1 is 0.891 bits per heavy atom. The Hall–Kier alpha value is -5.81. The number of benzene rings is 4. The van der Waals surface area contributed by atoms with Crippen molar-refractivity contribution < 1.29 is 24.0 Å². The molecule has 0 radical (unpaired) electrons. The normalized spacial score (nSPS) is 11.2. The van der Waals surface area contributed by atoms with Crippen LogP contribution in [-0.2, 0) is 4.79 Å². The maximum Gasteiger partial charge on any atom is 0.343 e. The summed E-state index contributed by atoms with van der Waals surface area (Å²) in [6, 6.07) is 25.4. The van der Waals surface area contributed by atoms with Crippen molar-refractivity contribution in [1.29, 1.82) is 0 Å². The van der Waals surface area contributed by atoms with Crippen LogP contribution in [0.5, 0.6) is 5.75 Å². The second-order valence-electron chi connectivity index (χ2n) is 9.72. The predicted molar refractivity (Wildman–Crippen MR) is 177 cm³/mol. The number of ether oxygens (including phenoxy) is 1. The minimum atomic E-state index is -0.676. The molecule has 4 aromatic rings. The molecule has 0 bridgehead atoms. The maximum atomic E-state index is 13.2. The van der Waals surface area contributed by atoms with Gasteiger partial charge in [-0.3, -0.25) is 19.7 Å². The van der Waals surface area contributed by atoms with Gasteiger partial charge in [-0.05, 0) is 91.7 Å². The first kappa shape index (κ1) is 33.1. The number of hydrazone groups is 1. The molecule has 4 aromatic carbocycles. The van der Waals surface area contributed by atoms with Crippen LogP contribution < -0.4 is 20.4 Å². The lowest BCUT2D eigenvalue weighted by Crippen LogP contribution is -2.33. The number of nitro groups is 1. The molecule has 0 unspecified atom stereocenters. The quantitative estimate of drug-likeness (QED) is 0.0467. The van der Waals surface area contributed by atoms with Gasteiger partial charge in [-0.1, -0.05) is 35.9 Å². The molecular formula is C34H30ClN5O6. The van der Waals surface area contributed by atoms with Crippen molar-refractivity contribution in [3.05, 3.63) is 140 Å². The number of carbonyl (C=O) groups excluding carboxylic acids is 3. The molecule has 0 aliphatic carbocycles. The monoisotopic (exact) mass is 639 g/mol. The van der Waals surface area contributed by atoms with Gasteiger partial charge in [0.2, 0.25) is 0 Å². The zero-order valence-electron chi connectivity index (χ0n) is 25.0. The van der Waals surface area contributed by atoms with Crippen molar-refractivity contribution >= 4 is 53.0 Å². The van der Waals surface area contributed by atoms with Gasteiger partial charge in [-0.2, -0.15) is 5.10 Å². The lowest BCUT2D eigenvalue weighted by molar-refractivity contribution is -0.384. The van der Waals surface area contributed by atoms with Crippen molar-refractivity contribution in [3.63, 3.8) is 0 Å². The first-order chi connectivity index (χ1) is 22.2. The lowest BCUT2D eigenvalue weighted by Gasteiger charge is -2.21. The maximum absolute atomic E-state index is 13.2. The number of halogens is 1. The van der Waals surface area contributed by atoms with Gasteiger partial charge in [0.25, 0.3) is 17.5 Å². The fourth-order valence-electron chi connectivity index (χ4n) is 4.26. The number of esters is 1. The second-order valence-corrected chi connectivity index (χ2v) is 10.1. The highest BCUT2D eigenvalue weighted by atomic mass is 35.5. The minimum absolute atomic E-state index is 0.0498. The highest BCUT2D eigenvalue weighted by molar-refractivity contribution is 6.34. The molecule has 46 heavy (non-hydrogen) atoms. The molecular weight excluding hydrogens is 610 g/mol. The van der Waals surface area contributed by atoms with Crippen molar-refractivity contribution in [3.8, 4) is 5.75 Å². The van der Waals surface area contributed by atoms with E-state index < -0.39 is 22.7 Å². The lowest BCUT2D eigenvalue weighted by atomic mass is 10.1. The van der Waals surface area contributed by atoms with Crippen molar-refractivity contribution in [2.24, 2.45) is 5.10 Å². The van der Waals surface area contributed by atoms with E-state index in [0.29, 0.717) is 11.1 Å². The van der Waals surface area contributed by atoms with Crippen LogP contribution in [-0.4, -0.2) is 42.0 Å². The highest BCUT2D eigenvalue weighted by Crippen LogP contribution is 2.19. The van der Waals surface area contributed by atoms with Gasteiger partial charge < -0.3 is 15.0 Å². The molecule has 0 fully saturated rings. The number of anilines is 1. The van der Waals surface area contributed by atoms with E-state index in [-0.39, 0.29) is 33.3 Å². The number of carbonyl (C=O) groups is 3. The first-order valence-corrected chi connectivity index (χ1v) is 14.6. The largest absolute Gasteiger partial charge is 0.423 e. The fraction of sp³-hybridized carbons (Fsp3) is 0.118. The molecule has 0 saturated heterocycles. The molecule has 0 aromatic heterocycles. The number of non-ortho nitro benzene ring substituents is 1. The molecule has 0 saturated carbocycles. The third kappa shape index (κ3) is 8.87. The predicted octanol–water partition coefficient (Wildman–Crippen LogP) is 6.23. The van der Waals surface area contributed by atoms with Gasteiger partial charge in [0.15, 0.2) is 0 Å². The minimum Gasteiger partial charge on any atom is -0.423 e. The summed E-state index contributed by atoms with van der Waals surface area (Å²) in [5.41, 5.74) is 4.89. The van der Waals surface area contributed by atoms with E-state index in [1.165, 1.54) is 42.6 Å². The molecule has 11 nitrogen and oxygen atoms in total. The average Bonchev–Trinajstić information content (AvgIpc) is 3.06. The van der Waals surface area contributed by atoms with Gasteiger partial charge in [0.1, 0.15) is 11.4 Å². The van der Waals surface area contributed by atoms with Crippen molar-refractivity contribution in [1.82, 2.24) is 10.7 Å². The number of hydrogen-bond donors (Lipinski definition) is 2. The van der Waals surface area contributed by atoms with Crippen molar-refractivity contribution in [2.45, 2.75) is 13.8 Å². The van der Waals surface area contributed by atoms with Crippen LogP contribution in [0.25, 0.3) is 6.08 Å². The number of nitrogens with one attached hydrogen (secondary N) is 2. The Kier molecular flexibility index (Phi) is 11.3. The summed E-state index contributed by atoms with van der Waals surface area (Å²) in [6.45, 7) is 5.83. The Morgan fingerprint density at radius 3 is 2.13 bits per heavy atom. The number of amides is 2. The molecule has 0 heterocycles. The van der Waals surface area contributed by atoms with Gasteiger partial charge in [-0.15, -0.1) is 0 Å². The van der Waals surface area contributed by atoms with Crippen molar-refractivity contribution in [2.75, 3.05) is 18.0 Å². The molecule has 0 aliphatic heterocycles. The summed E-state index contributed by atoms with van der Waals surface area (Å²) >= 11 is 6.20. The summed E-state index contributed by atoms with van der Waals surface area (Å²) < 4.78 is 5.32. The Labute approximate surface area is 270 Å². The zero-order valence-corrected chi connectivity index (χ0v) is 25.7. The molecule has 2 N–H and O–H groups in total. The van der Waals surface area contributed by atoms with Crippen LogP contribution in [0.2, 0.25) is 5.02 Å². The van der Waals surface area contributed by atoms with E-state index in [4.69, 9.17) is 16.3 Å². The van der Waals surface area contributed by atoms with Crippen LogP contribution in [0.1, 0.15) is 45.7 Å². The summed E-state index contributed by atoms with van der Waals surface area (Å²) in [7, 11) is 0. The average molecular weight is 640 g/mol. The second kappa shape index (κ2) is 15.8. The number of nitro benzene ring substituents is 1. The SMILES string of the molecule is CCN(CC)c1ccc(C=C(NC(=O)c2ccccc2Cl)C(=O)NN=Cc2ccc(OC(=O)c3ccc([N+](=O)[O-])cc3)cc2)cc1. The van der Waals surface area contributed by atoms with Gasteiger partial charge in [0.05, 0.1) is 27.3 Å². The molecule has 234 valence electrons. The molecule has 0 aliphatic rings. The van der Waals surface area contributed by atoms with E-state index in [0.717, 1.165) is 18.8 Å². The van der Waals surface area contributed by atoms with Crippen LogP contribution in [0.15, 0.2) is 108 Å². The zero-order chi connectivity index (χ0) is 33.1. The van der Waals surface area contributed by atoms with Crippen LogP contribution in [0.3, 0.4) is 0 Å². The fourth-order valence-corrected chi connectivity index (χ4v) is 4.48. The van der Waals surface area contributed by atoms with E-state index in [2.05, 4.69) is 34.6 Å². The van der Waals surface area contributed by atoms with E-state index in [1.54, 1.807) is 42.5 Å². The number of hydrogen-bond acceptors (Lipinski definition) is 8. The third-order valence-electron chi connectivity index (χ3n) is 6.73. The van der Waals surface area contributed by atoms with E-state index in [1.807, 2.05) is 24.3 Å². The first-order valence-electron chi connectivity index (χ1n) is 14.2. The Bertz CT molecular complexity index is 1770. The van der Waals surface area contributed by atoms with Gasteiger partial charge in [0, 0.05) is 30.9 Å². The summed E-state index contributed by atoms with van der Waals surface area (Å²) in [4.78, 5) is 51.0. The van der Waals surface area contributed by atoms with E-state index in [9.17, 15) is 24.5 Å². The molecule has 2 amide bonds. The van der Waals surface area contributed by atoms with Gasteiger partial charge in [-0.25, -0.2) is 10.2 Å². The molecule has 12 heteroatoms. The number of rotatable bonds is 12. The van der Waals surface area contributed by atoms with Crippen LogP contribution in [0.4, 0.5) is 11.4 Å². The standard InChI is InChI=1S/C34H30ClN5O6/c1-3-39(4-2)26-15-9-23(10-16-26)21-31(37-32(41)29-7-5-6-8-30(29)35)33(42)38-36-22-24-11-19-28(20-12-24)46-34(43)25-13-17-27(18-14-25)40(44)45/h5-22H,3-4H2,1-2H3,(H,37,41)(H,38,42). The third-order valence-corrected chi connectivity index (χ3v) is 7.06. The molecule has 0 spiro atoms. The van der Waals surface area contributed by atoms with Gasteiger partial charge >= 0.3 is 5.97 Å².